The maximum absolute atomic E-state index is 12.1. The van der Waals surface area contributed by atoms with Crippen LogP contribution in [0.4, 0.5) is 26.7 Å². The SMILES string of the molecule is CCCCCCOC(=O)Nc1cc(NC(=O)Nc2ccccc2)ccc1C. The number of para-hydroxylation sites is 1. The molecule has 2 aromatic rings. The van der Waals surface area contributed by atoms with Crippen LogP contribution in [0.15, 0.2) is 48.5 Å². The van der Waals surface area contributed by atoms with E-state index in [0.717, 1.165) is 31.2 Å². The molecule has 0 aromatic heterocycles. The zero-order valence-electron chi connectivity index (χ0n) is 15.9. The molecule has 0 aliphatic carbocycles. The number of nitrogens with one attached hydrogen (secondary N) is 3. The van der Waals surface area contributed by atoms with Crippen molar-refractivity contribution in [3.05, 3.63) is 54.1 Å². The number of rotatable bonds is 8. The van der Waals surface area contributed by atoms with Crippen molar-refractivity contribution in [2.75, 3.05) is 22.6 Å². The highest BCUT2D eigenvalue weighted by Gasteiger charge is 2.08. The molecule has 2 rings (SSSR count). The van der Waals surface area contributed by atoms with Gasteiger partial charge >= 0.3 is 12.1 Å². The summed E-state index contributed by atoms with van der Waals surface area (Å²) < 4.78 is 5.20. The van der Waals surface area contributed by atoms with Crippen LogP contribution in [0.5, 0.6) is 0 Å². The molecule has 0 bridgehead atoms. The molecule has 6 nitrogen and oxygen atoms in total. The van der Waals surface area contributed by atoms with Crippen molar-refractivity contribution in [3.8, 4) is 0 Å². The van der Waals surface area contributed by atoms with Gasteiger partial charge in [0.15, 0.2) is 0 Å². The van der Waals surface area contributed by atoms with Crippen molar-refractivity contribution in [1.82, 2.24) is 0 Å². The maximum atomic E-state index is 12.1. The third-order valence-corrected chi connectivity index (χ3v) is 3.99. The van der Waals surface area contributed by atoms with Crippen LogP contribution >= 0.6 is 0 Å². The van der Waals surface area contributed by atoms with Gasteiger partial charge in [0.2, 0.25) is 0 Å². The highest BCUT2D eigenvalue weighted by molar-refractivity contribution is 6.00. The first-order chi connectivity index (χ1) is 13.1. The quantitative estimate of drug-likeness (QED) is 0.517. The van der Waals surface area contributed by atoms with Crippen molar-refractivity contribution in [1.29, 1.82) is 0 Å². The Bertz CT molecular complexity index is 748. The second kappa shape index (κ2) is 10.9. The average molecular weight is 369 g/mol. The Hall–Kier alpha value is -3.02. The molecule has 0 unspecified atom stereocenters. The van der Waals surface area contributed by atoms with Crippen LogP contribution in [-0.2, 0) is 4.74 Å². The molecule has 6 heteroatoms. The molecule has 144 valence electrons. The zero-order valence-corrected chi connectivity index (χ0v) is 15.9. The van der Waals surface area contributed by atoms with Gasteiger partial charge in [0, 0.05) is 17.1 Å². The van der Waals surface area contributed by atoms with Crippen molar-refractivity contribution in [3.63, 3.8) is 0 Å². The van der Waals surface area contributed by atoms with E-state index >= 15 is 0 Å². The lowest BCUT2D eigenvalue weighted by atomic mass is 10.2. The Labute approximate surface area is 160 Å². The first kappa shape index (κ1) is 20.3. The number of unbranched alkanes of at least 4 members (excludes halogenated alkanes) is 3. The van der Waals surface area contributed by atoms with Crippen LogP contribution < -0.4 is 16.0 Å². The van der Waals surface area contributed by atoms with Crippen LogP contribution in [0.3, 0.4) is 0 Å². The van der Waals surface area contributed by atoms with Crippen molar-refractivity contribution in [2.24, 2.45) is 0 Å². The van der Waals surface area contributed by atoms with E-state index in [0.29, 0.717) is 23.7 Å². The Kier molecular flexibility index (Phi) is 8.16. The number of amides is 3. The van der Waals surface area contributed by atoms with E-state index in [1.807, 2.05) is 31.2 Å². The van der Waals surface area contributed by atoms with Crippen molar-refractivity contribution >= 4 is 29.2 Å². The van der Waals surface area contributed by atoms with Gasteiger partial charge in [-0.2, -0.15) is 0 Å². The van der Waals surface area contributed by atoms with Crippen molar-refractivity contribution in [2.45, 2.75) is 39.5 Å². The smallest absolute Gasteiger partial charge is 0.411 e. The molecule has 0 spiro atoms. The topological polar surface area (TPSA) is 79.5 Å². The number of hydrogen-bond donors (Lipinski definition) is 3. The fraction of sp³-hybridized carbons (Fsp3) is 0.333. The molecule has 3 amide bonds. The van der Waals surface area contributed by atoms with Gasteiger partial charge in [-0.1, -0.05) is 50.5 Å². The minimum atomic E-state index is -0.486. The number of urea groups is 1. The molecule has 0 aliphatic rings. The Morgan fingerprint density at radius 1 is 0.889 bits per heavy atom. The molecule has 0 radical (unpaired) electrons. The number of hydrogen-bond acceptors (Lipinski definition) is 3. The van der Waals surface area contributed by atoms with Gasteiger partial charge in [-0.25, -0.2) is 9.59 Å². The predicted octanol–water partition coefficient (Wildman–Crippen LogP) is 5.77. The van der Waals surface area contributed by atoms with Crippen LogP contribution in [0.25, 0.3) is 0 Å². The van der Waals surface area contributed by atoms with Gasteiger partial charge in [0.1, 0.15) is 0 Å². The van der Waals surface area contributed by atoms with E-state index in [2.05, 4.69) is 22.9 Å². The van der Waals surface area contributed by atoms with Gasteiger partial charge in [0.05, 0.1) is 6.61 Å². The van der Waals surface area contributed by atoms with Crippen LogP contribution in [0.1, 0.15) is 38.2 Å². The zero-order chi connectivity index (χ0) is 19.5. The lowest BCUT2D eigenvalue weighted by Gasteiger charge is -2.12. The van der Waals surface area contributed by atoms with Crippen LogP contribution in [0.2, 0.25) is 0 Å². The number of carbonyl (C=O) groups excluding carboxylic acids is 2. The van der Waals surface area contributed by atoms with Gasteiger partial charge in [-0.3, -0.25) is 5.32 Å². The third kappa shape index (κ3) is 7.40. The van der Waals surface area contributed by atoms with Gasteiger partial charge in [-0.15, -0.1) is 0 Å². The van der Waals surface area contributed by atoms with Gasteiger partial charge in [-0.05, 0) is 43.2 Å². The van der Waals surface area contributed by atoms with E-state index < -0.39 is 6.09 Å². The lowest BCUT2D eigenvalue weighted by Crippen LogP contribution is -2.20. The predicted molar refractivity (Wildman–Crippen MR) is 109 cm³/mol. The number of carbonyl (C=O) groups is 2. The Morgan fingerprint density at radius 3 is 2.37 bits per heavy atom. The summed E-state index contributed by atoms with van der Waals surface area (Å²) in [4.78, 5) is 24.0. The fourth-order valence-corrected chi connectivity index (χ4v) is 2.49. The summed E-state index contributed by atoms with van der Waals surface area (Å²) >= 11 is 0. The fourth-order valence-electron chi connectivity index (χ4n) is 2.49. The van der Waals surface area contributed by atoms with Gasteiger partial charge in [0.25, 0.3) is 0 Å². The molecule has 3 N–H and O–H groups in total. The summed E-state index contributed by atoms with van der Waals surface area (Å²) in [5, 5.41) is 8.23. The summed E-state index contributed by atoms with van der Waals surface area (Å²) in [6.07, 6.45) is 3.71. The van der Waals surface area contributed by atoms with E-state index in [4.69, 9.17) is 4.74 Å². The van der Waals surface area contributed by atoms with Gasteiger partial charge < -0.3 is 15.4 Å². The number of aryl methyl sites for hydroxylation is 1. The highest BCUT2D eigenvalue weighted by Crippen LogP contribution is 2.21. The van der Waals surface area contributed by atoms with E-state index in [-0.39, 0.29) is 6.03 Å². The largest absolute Gasteiger partial charge is 0.449 e. The normalized spacial score (nSPS) is 10.1. The molecule has 0 heterocycles. The first-order valence-electron chi connectivity index (χ1n) is 9.26. The maximum Gasteiger partial charge on any atom is 0.411 e. The lowest BCUT2D eigenvalue weighted by molar-refractivity contribution is 0.159. The van der Waals surface area contributed by atoms with E-state index in [1.54, 1.807) is 24.3 Å². The summed E-state index contributed by atoms with van der Waals surface area (Å²) in [5.41, 5.74) is 2.76. The molecule has 2 aromatic carbocycles. The standard InChI is InChI=1S/C21H27N3O3/c1-3-4-5-9-14-27-21(26)24-19-15-18(13-12-16(19)2)23-20(25)22-17-10-7-6-8-11-17/h6-8,10-13,15H,3-5,9,14H2,1-2H3,(H,24,26)(H2,22,23,25). The third-order valence-electron chi connectivity index (χ3n) is 3.99. The molecule has 0 saturated carbocycles. The van der Waals surface area contributed by atoms with Crippen molar-refractivity contribution < 1.29 is 14.3 Å². The molecule has 0 atom stereocenters. The minimum absolute atomic E-state index is 0.352. The van der Waals surface area contributed by atoms with E-state index in [1.165, 1.54) is 0 Å². The summed E-state index contributed by atoms with van der Waals surface area (Å²) in [7, 11) is 0. The number of benzene rings is 2. The summed E-state index contributed by atoms with van der Waals surface area (Å²) in [6, 6.07) is 14.1. The highest BCUT2D eigenvalue weighted by atomic mass is 16.5. The molecule has 0 saturated heterocycles. The first-order valence-corrected chi connectivity index (χ1v) is 9.26. The molecule has 27 heavy (non-hydrogen) atoms. The minimum Gasteiger partial charge on any atom is -0.449 e. The van der Waals surface area contributed by atoms with Crippen LogP contribution in [-0.4, -0.2) is 18.7 Å². The monoisotopic (exact) mass is 369 g/mol. The molecule has 0 fully saturated rings. The molecular formula is C21H27N3O3. The Morgan fingerprint density at radius 2 is 1.63 bits per heavy atom. The Balaban J connectivity index is 1.87. The molecular weight excluding hydrogens is 342 g/mol. The molecule has 0 aliphatic heterocycles. The van der Waals surface area contributed by atoms with Crippen LogP contribution in [0, 0.1) is 6.92 Å². The number of ether oxygens (including phenoxy) is 1. The number of anilines is 3. The second-order valence-corrected chi connectivity index (χ2v) is 6.30. The summed E-state index contributed by atoms with van der Waals surface area (Å²) in [6.45, 7) is 4.42. The average Bonchev–Trinajstić information content (AvgIpc) is 2.65. The second-order valence-electron chi connectivity index (χ2n) is 6.30. The summed E-state index contributed by atoms with van der Waals surface area (Å²) in [5.74, 6) is 0. The van der Waals surface area contributed by atoms with E-state index in [9.17, 15) is 9.59 Å².